The molecule has 0 aromatic rings. The second-order valence-corrected chi connectivity index (χ2v) is 1.86. The zero-order valence-corrected chi connectivity index (χ0v) is 3.52. The van der Waals surface area contributed by atoms with Gasteiger partial charge in [0, 0.05) is 5.54 Å². The maximum absolute atomic E-state index is 8.22. The standard InChI is InChI=1S/C4H8NO/c5-4(3-6)1-2-4/h3,6H,1-2,5H2. The molecule has 0 aromatic carbocycles. The summed E-state index contributed by atoms with van der Waals surface area (Å²) in [5, 5.41) is 8.22. The minimum absolute atomic E-state index is 0.278. The SMILES string of the molecule is NC1([CH]O)CC1. The van der Waals surface area contributed by atoms with E-state index in [2.05, 4.69) is 0 Å². The summed E-state index contributed by atoms with van der Waals surface area (Å²) in [5.41, 5.74) is 5.06. The van der Waals surface area contributed by atoms with Crippen molar-refractivity contribution < 1.29 is 5.11 Å². The lowest BCUT2D eigenvalue weighted by molar-refractivity contribution is 0.345. The Labute approximate surface area is 37.0 Å². The molecular formula is C4H8NO. The van der Waals surface area contributed by atoms with Crippen LogP contribution in [0.25, 0.3) is 0 Å². The number of rotatable bonds is 1. The molecule has 6 heavy (non-hydrogen) atoms. The molecule has 2 nitrogen and oxygen atoms in total. The lowest BCUT2D eigenvalue weighted by Gasteiger charge is -1.96. The summed E-state index contributed by atoms with van der Waals surface area (Å²) < 4.78 is 0. The van der Waals surface area contributed by atoms with E-state index in [0.29, 0.717) is 0 Å². The number of hydrogen-bond acceptors (Lipinski definition) is 2. The molecule has 2 heteroatoms. The average Bonchev–Trinajstić information content (AvgIpc) is 2.22. The molecule has 0 unspecified atom stereocenters. The van der Waals surface area contributed by atoms with E-state index in [1.165, 1.54) is 0 Å². The molecular weight excluding hydrogens is 78.0 g/mol. The minimum Gasteiger partial charge on any atom is -0.388 e. The van der Waals surface area contributed by atoms with Gasteiger partial charge in [-0.25, -0.2) is 0 Å². The van der Waals surface area contributed by atoms with E-state index in [0.717, 1.165) is 19.4 Å². The van der Waals surface area contributed by atoms with Gasteiger partial charge in [-0.1, -0.05) is 0 Å². The first kappa shape index (κ1) is 4.09. The highest BCUT2D eigenvalue weighted by Crippen LogP contribution is 2.33. The molecule has 1 aliphatic rings. The van der Waals surface area contributed by atoms with E-state index < -0.39 is 0 Å². The highest BCUT2D eigenvalue weighted by Gasteiger charge is 2.37. The predicted molar refractivity (Wildman–Crippen MR) is 22.4 cm³/mol. The van der Waals surface area contributed by atoms with E-state index >= 15 is 0 Å². The van der Waals surface area contributed by atoms with Gasteiger partial charge in [0.05, 0.1) is 6.61 Å². The van der Waals surface area contributed by atoms with Gasteiger partial charge in [0.1, 0.15) is 0 Å². The Balaban J connectivity index is 2.28. The van der Waals surface area contributed by atoms with Crippen molar-refractivity contribution in [2.24, 2.45) is 5.73 Å². The van der Waals surface area contributed by atoms with Gasteiger partial charge in [0.15, 0.2) is 0 Å². The Bertz CT molecular complexity index is 58.6. The molecule has 1 aliphatic carbocycles. The number of aliphatic hydroxyl groups is 1. The van der Waals surface area contributed by atoms with Crippen molar-refractivity contribution in [1.29, 1.82) is 0 Å². The van der Waals surface area contributed by atoms with Crippen molar-refractivity contribution in [3.63, 3.8) is 0 Å². The van der Waals surface area contributed by atoms with Crippen molar-refractivity contribution in [3.05, 3.63) is 6.61 Å². The van der Waals surface area contributed by atoms with Crippen LogP contribution in [0.3, 0.4) is 0 Å². The van der Waals surface area contributed by atoms with Crippen LogP contribution in [-0.2, 0) is 0 Å². The first-order valence-corrected chi connectivity index (χ1v) is 2.04. The molecule has 0 amide bonds. The summed E-state index contributed by atoms with van der Waals surface area (Å²) in [5.74, 6) is 0. The van der Waals surface area contributed by atoms with Crippen LogP contribution in [0.2, 0.25) is 0 Å². The Hall–Kier alpha value is -0.0800. The Morgan fingerprint density at radius 1 is 1.67 bits per heavy atom. The van der Waals surface area contributed by atoms with Gasteiger partial charge in [-0.2, -0.15) is 0 Å². The average molecular weight is 86.1 g/mol. The second-order valence-electron chi connectivity index (χ2n) is 1.86. The van der Waals surface area contributed by atoms with Crippen LogP contribution >= 0.6 is 0 Å². The van der Waals surface area contributed by atoms with Crippen LogP contribution < -0.4 is 5.73 Å². The van der Waals surface area contributed by atoms with Gasteiger partial charge in [0.2, 0.25) is 0 Å². The Kier molecular flexibility index (Phi) is 0.648. The number of nitrogens with two attached hydrogens (primary N) is 1. The highest BCUT2D eigenvalue weighted by molar-refractivity contribution is 5.04. The molecule has 0 saturated heterocycles. The van der Waals surface area contributed by atoms with E-state index in [-0.39, 0.29) is 5.54 Å². The van der Waals surface area contributed by atoms with Crippen LogP contribution in [-0.4, -0.2) is 10.6 Å². The minimum atomic E-state index is -0.278. The zero-order chi connectivity index (χ0) is 4.62. The summed E-state index contributed by atoms with van der Waals surface area (Å²) in [6.45, 7) is 1.08. The number of aliphatic hydroxyl groups excluding tert-OH is 1. The van der Waals surface area contributed by atoms with Crippen LogP contribution in [0, 0.1) is 6.61 Å². The second kappa shape index (κ2) is 0.950. The summed E-state index contributed by atoms with van der Waals surface area (Å²) >= 11 is 0. The van der Waals surface area contributed by atoms with Crippen LogP contribution in [0.5, 0.6) is 0 Å². The van der Waals surface area contributed by atoms with Crippen LogP contribution in [0.4, 0.5) is 0 Å². The van der Waals surface area contributed by atoms with Crippen LogP contribution in [0.1, 0.15) is 12.8 Å². The third-order valence-electron chi connectivity index (χ3n) is 1.08. The normalized spacial score (nSPS) is 27.0. The molecule has 0 bridgehead atoms. The summed E-state index contributed by atoms with van der Waals surface area (Å²) in [4.78, 5) is 0. The van der Waals surface area contributed by atoms with Crippen molar-refractivity contribution in [3.8, 4) is 0 Å². The third-order valence-corrected chi connectivity index (χ3v) is 1.08. The fourth-order valence-corrected chi connectivity index (χ4v) is 0.273. The molecule has 35 valence electrons. The molecule has 3 N–H and O–H groups in total. The van der Waals surface area contributed by atoms with E-state index in [4.69, 9.17) is 10.8 Å². The zero-order valence-electron chi connectivity index (χ0n) is 3.52. The van der Waals surface area contributed by atoms with E-state index in [1.807, 2.05) is 0 Å². The third kappa shape index (κ3) is 0.533. The first-order chi connectivity index (χ1) is 2.77. The highest BCUT2D eigenvalue weighted by atomic mass is 16.3. The van der Waals surface area contributed by atoms with Crippen molar-refractivity contribution in [2.75, 3.05) is 0 Å². The van der Waals surface area contributed by atoms with Crippen molar-refractivity contribution in [2.45, 2.75) is 18.4 Å². The molecule has 0 atom stereocenters. The van der Waals surface area contributed by atoms with Crippen molar-refractivity contribution >= 4 is 0 Å². The van der Waals surface area contributed by atoms with Gasteiger partial charge in [0.25, 0.3) is 0 Å². The summed E-state index contributed by atoms with van der Waals surface area (Å²) in [6.07, 6.45) is 1.90. The lowest BCUT2D eigenvalue weighted by Crippen LogP contribution is -2.21. The lowest BCUT2D eigenvalue weighted by atomic mass is 10.3. The fraction of sp³-hybridized carbons (Fsp3) is 0.750. The van der Waals surface area contributed by atoms with Gasteiger partial charge < -0.3 is 10.8 Å². The first-order valence-electron chi connectivity index (χ1n) is 2.04. The molecule has 1 fully saturated rings. The summed E-state index contributed by atoms with van der Waals surface area (Å²) in [6, 6.07) is 0. The molecule has 0 spiro atoms. The maximum atomic E-state index is 8.22. The smallest absolute Gasteiger partial charge is 0.0996 e. The Morgan fingerprint density at radius 3 is 2.17 bits per heavy atom. The molecule has 0 aliphatic heterocycles. The molecule has 0 aromatic heterocycles. The van der Waals surface area contributed by atoms with Gasteiger partial charge in [-0.15, -0.1) is 0 Å². The molecule has 1 radical (unpaired) electrons. The summed E-state index contributed by atoms with van der Waals surface area (Å²) in [7, 11) is 0. The van der Waals surface area contributed by atoms with E-state index in [9.17, 15) is 0 Å². The van der Waals surface area contributed by atoms with E-state index in [1.54, 1.807) is 0 Å². The quantitative estimate of drug-likeness (QED) is 0.472. The van der Waals surface area contributed by atoms with Gasteiger partial charge in [-0.3, -0.25) is 0 Å². The molecule has 1 rings (SSSR count). The van der Waals surface area contributed by atoms with Crippen LogP contribution in [0.15, 0.2) is 0 Å². The monoisotopic (exact) mass is 86.1 g/mol. The largest absolute Gasteiger partial charge is 0.388 e. The van der Waals surface area contributed by atoms with Gasteiger partial charge >= 0.3 is 0 Å². The predicted octanol–water partition coefficient (Wildman–Crippen LogP) is 0.0120. The molecule has 1 saturated carbocycles. The molecule has 0 heterocycles. The van der Waals surface area contributed by atoms with Crippen molar-refractivity contribution in [1.82, 2.24) is 0 Å². The fourth-order valence-electron chi connectivity index (χ4n) is 0.273. The maximum Gasteiger partial charge on any atom is 0.0996 e. The topological polar surface area (TPSA) is 46.2 Å². The van der Waals surface area contributed by atoms with Gasteiger partial charge in [-0.05, 0) is 12.8 Å². The number of hydrogen-bond donors (Lipinski definition) is 2. The Morgan fingerprint density at radius 2 is 2.17 bits per heavy atom.